The van der Waals surface area contributed by atoms with Crippen molar-refractivity contribution in [2.24, 2.45) is 0 Å². The lowest BCUT2D eigenvalue weighted by molar-refractivity contribution is -0.122. The van der Waals surface area contributed by atoms with E-state index in [4.69, 9.17) is 14.5 Å². The molecule has 1 aliphatic rings. The minimum atomic E-state index is -0.325. The molecule has 3 heterocycles. The summed E-state index contributed by atoms with van der Waals surface area (Å²) in [6.45, 7) is 7.92. The standard InChI is InChI=1S/C30H32N4O4S/c1-4-38-20(2)25-17-26-27(29(36)34(25)19-22-12-14-23(37-3)15-13-22)32-30(39-26)33-16-8-11-24(33)28(35)31-18-21-9-6-5-7-10-21/h5-7,9-10,12-15,17,24H,2,4,8,11,16,18-19H2,1,3H3,(H,31,35). The molecule has 1 unspecified atom stereocenters. The number of ether oxygens (including phenoxy) is 2. The molecule has 202 valence electrons. The van der Waals surface area contributed by atoms with E-state index in [2.05, 4.69) is 11.9 Å². The van der Waals surface area contributed by atoms with Gasteiger partial charge in [-0.2, -0.15) is 0 Å². The van der Waals surface area contributed by atoms with Crippen LogP contribution in [0, 0.1) is 0 Å². The zero-order valence-corrected chi connectivity index (χ0v) is 23.0. The number of nitrogens with one attached hydrogen (secondary N) is 1. The first kappa shape index (κ1) is 26.5. The SMILES string of the molecule is C=C(OCC)c1cc2sc(N3CCCC3C(=O)NCc3ccccc3)nc2c(=O)n1Cc1ccc(OC)cc1. The number of rotatable bonds is 10. The van der Waals surface area contributed by atoms with Crippen molar-refractivity contribution in [3.05, 3.63) is 94.4 Å². The molecule has 0 bridgehead atoms. The van der Waals surface area contributed by atoms with Crippen molar-refractivity contribution in [3.8, 4) is 5.75 Å². The fraction of sp³-hybridized carbons (Fsp3) is 0.300. The molecule has 1 amide bonds. The van der Waals surface area contributed by atoms with Crippen LogP contribution in [0.2, 0.25) is 0 Å². The number of pyridine rings is 1. The summed E-state index contributed by atoms with van der Waals surface area (Å²) >= 11 is 1.42. The molecule has 4 aromatic rings. The lowest BCUT2D eigenvalue weighted by Gasteiger charge is -2.23. The predicted octanol–water partition coefficient (Wildman–Crippen LogP) is 4.81. The van der Waals surface area contributed by atoms with E-state index in [1.54, 1.807) is 11.7 Å². The first-order valence-corrected chi connectivity index (χ1v) is 13.9. The maximum atomic E-state index is 13.8. The highest BCUT2D eigenvalue weighted by Gasteiger charge is 2.33. The summed E-state index contributed by atoms with van der Waals surface area (Å²) in [6.07, 6.45) is 1.62. The molecule has 39 heavy (non-hydrogen) atoms. The summed E-state index contributed by atoms with van der Waals surface area (Å²) in [5.41, 5.74) is 2.76. The topological polar surface area (TPSA) is 85.7 Å². The van der Waals surface area contributed by atoms with E-state index in [9.17, 15) is 9.59 Å². The van der Waals surface area contributed by atoms with Gasteiger partial charge in [-0.25, -0.2) is 4.98 Å². The van der Waals surface area contributed by atoms with Gasteiger partial charge in [0, 0.05) is 13.1 Å². The third kappa shape index (κ3) is 5.68. The van der Waals surface area contributed by atoms with Crippen molar-refractivity contribution in [3.63, 3.8) is 0 Å². The Kier molecular flexibility index (Phi) is 7.97. The Morgan fingerprint density at radius 2 is 1.92 bits per heavy atom. The average Bonchev–Trinajstić information content (AvgIpc) is 3.62. The molecule has 8 nitrogen and oxygen atoms in total. The molecule has 1 aliphatic heterocycles. The highest BCUT2D eigenvalue weighted by atomic mass is 32.1. The van der Waals surface area contributed by atoms with Crippen LogP contribution in [0.15, 0.2) is 72.0 Å². The van der Waals surface area contributed by atoms with E-state index in [0.717, 1.165) is 34.4 Å². The minimum absolute atomic E-state index is 0.0297. The Morgan fingerprint density at radius 1 is 1.15 bits per heavy atom. The number of nitrogens with zero attached hydrogens (tertiary/aromatic N) is 3. The lowest BCUT2D eigenvalue weighted by Crippen LogP contribution is -2.43. The monoisotopic (exact) mass is 544 g/mol. The normalized spacial score (nSPS) is 14.9. The Morgan fingerprint density at radius 3 is 2.64 bits per heavy atom. The van der Waals surface area contributed by atoms with Crippen LogP contribution < -0.4 is 20.5 Å². The van der Waals surface area contributed by atoms with Crippen LogP contribution in [-0.2, 0) is 22.6 Å². The van der Waals surface area contributed by atoms with Crippen molar-refractivity contribution in [2.45, 2.75) is 38.9 Å². The first-order valence-electron chi connectivity index (χ1n) is 13.1. The van der Waals surface area contributed by atoms with Gasteiger partial charge in [0.2, 0.25) is 5.91 Å². The van der Waals surface area contributed by atoms with Gasteiger partial charge in [-0.1, -0.05) is 60.4 Å². The molecule has 2 aromatic carbocycles. The maximum absolute atomic E-state index is 13.8. The largest absolute Gasteiger partial charge is 0.497 e. The third-order valence-electron chi connectivity index (χ3n) is 6.86. The highest BCUT2D eigenvalue weighted by molar-refractivity contribution is 7.22. The Hall–Kier alpha value is -4.11. The first-order chi connectivity index (χ1) is 19.0. The molecule has 1 fully saturated rings. The number of carbonyl (C=O) groups excluding carboxylic acids is 1. The number of methoxy groups -OCH3 is 1. The molecule has 1 saturated heterocycles. The lowest BCUT2D eigenvalue weighted by atomic mass is 10.2. The zero-order valence-electron chi connectivity index (χ0n) is 22.2. The van der Waals surface area contributed by atoms with Crippen LogP contribution in [0.3, 0.4) is 0 Å². The number of fused-ring (bicyclic) bond motifs is 1. The fourth-order valence-corrected chi connectivity index (χ4v) is 5.92. The van der Waals surface area contributed by atoms with Gasteiger partial charge in [-0.3, -0.25) is 14.2 Å². The van der Waals surface area contributed by atoms with Gasteiger partial charge in [0.15, 0.2) is 5.13 Å². The smallest absolute Gasteiger partial charge is 0.278 e. The number of hydrogen-bond donors (Lipinski definition) is 1. The highest BCUT2D eigenvalue weighted by Crippen LogP contribution is 2.34. The Balaban J connectivity index is 1.45. The summed E-state index contributed by atoms with van der Waals surface area (Å²) < 4.78 is 13.4. The summed E-state index contributed by atoms with van der Waals surface area (Å²) in [7, 11) is 1.62. The summed E-state index contributed by atoms with van der Waals surface area (Å²) in [6, 6.07) is 19.0. The van der Waals surface area contributed by atoms with Crippen LogP contribution in [0.1, 0.15) is 36.6 Å². The van der Waals surface area contributed by atoms with Gasteiger partial charge in [0.05, 0.1) is 30.7 Å². The third-order valence-corrected chi connectivity index (χ3v) is 7.90. The number of amides is 1. The van der Waals surface area contributed by atoms with Crippen LogP contribution in [0.5, 0.6) is 5.75 Å². The van der Waals surface area contributed by atoms with Gasteiger partial charge >= 0.3 is 0 Å². The van der Waals surface area contributed by atoms with Gasteiger partial charge in [-0.15, -0.1) is 0 Å². The van der Waals surface area contributed by atoms with Crippen molar-refractivity contribution in [1.29, 1.82) is 0 Å². The molecule has 5 rings (SSSR count). The number of anilines is 1. The zero-order chi connectivity index (χ0) is 27.4. The van der Waals surface area contributed by atoms with Crippen LogP contribution >= 0.6 is 11.3 Å². The molecule has 0 radical (unpaired) electrons. The molecule has 0 saturated carbocycles. The Bertz CT molecular complexity index is 1530. The second-order valence-electron chi connectivity index (χ2n) is 9.39. The summed E-state index contributed by atoms with van der Waals surface area (Å²) in [4.78, 5) is 33.7. The van der Waals surface area contributed by atoms with E-state index >= 15 is 0 Å². The molecular formula is C30H32N4O4S. The van der Waals surface area contributed by atoms with E-state index in [-0.39, 0.29) is 17.5 Å². The van der Waals surface area contributed by atoms with E-state index < -0.39 is 0 Å². The van der Waals surface area contributed by atoms with Gasteiger partial charge < -0.3 is 19.7 Å². The molecule has 2 aromatic heterocycles. The second-order valence-corrected chi connectivity index (χ2v) is 10.4. The van der Waals surface area contributed by atoms with Crippen molar-refractivity contribution < 1.29 is 14.3 Å². The number of carbonyl (C=O) groups is 1. The fourth-order valence-electron chi connectivity index (χ4n) is 4.85. The van der Waals surface area contributed by atoms with Crippen LogP contribution in [0.4, 0.5) is 5.13 Å². The summed E-state index contributed by atoms with van der Waals surface area (Å²) in [5, 5.41) is 3.74. The molecular weight excluding hydrogens is 512 g/mol. The number of thiazole rings is 1. The molecule has 1 N–H and O–H groups in total. The van der Waals surface area contributed by atoms with Crippen LogP contribution in [-0.4, -0.2) is 41.8 Å². The average molecular weight is 545 g/mol. The quantitative estimate of drug-likeness (QED) is 0.289. The molecule has 1 atom stereocenters. The second kappa shape index (κ2) is 11.7. The van der Waals surface area contributed by atoms with Gasteiger partial charge in [0.25, 0.3) is 5.56 Å². The maximum Gasteiger partial charge on any atom is 0.278 e. The number of hydrogen-bond acceptors (Lipinski definition) is 7. The van der Waals surface area contributed by atoms with E-state index in [0.29, 0.717) is 48.3 Å². The van der Waals surface area contributed by atoms with E-state index in [1.165, 1.54) is 11.3 Å². The van der Waals surface area contributed by atoms with Gasteiger partial charge in [-0.05, 0) is 49.1 Å². The van der Waals surface area contributed by atoms with E-state index in [1.807, 2.05) is 72.5 Å². The number of aromatic nitrogens is 2. The van der Waals surface area contributed by atoms with Crippen molar-refractivity contribution >= 4 is 38.4 Å². The molecule has 9 heteroatoms. The summed E-state index contributed by atoms with van der Waals surface area (Å²) in [5.74, 6) is 1.15. The molecule has 0 aliphatic carbocycles. The number of benzene rings is 2. The van der Waals surface area contributed by atoms with Gasteiger partial charge in [0.1, 0.15) is 23.1 Å². The minimum Gasteiger partial charge on any atom is -0.497 e. The van der Waals surface area contributed by atoms with Crippen molar-refractivity contribution in [2.75, 3.05) is 25.2 Å². The van der Waals surface area contributed by atoms with Crippen molar-refractivity contribution in [1.82, 2.24) is 14.9 Å². The van der Waals surface area contributed by atoms with Crippen LogP contribution in [0.25, 0.3) is 16.0 Å². The Labute approximate surface area is 231 Å². The predicted molar refractivity (Wildman–Crippen MR) is 155 cm³/mol. The molecule has 0 spiro atoms.